The molecule has 1 aliphatic carbocycles. The Hall–Kier alpha value is -3.87. The van der Waals surface area contributed by atoms with Crippen molar-refractivity contribution in [2.45, 2.75) is 29.5 Å². The summed E-state index contributed by atoms with van der Waals surface area (Å²) in [5.41, 5.74) is 9.47. The number of ketones is 1. The molecule has 3 aromatic rings. The fourth-order valence-corrected chi connectivity index (χ4v) is 6.76. The van der Waals surface area contributed by atoms with Gasteiger partial charge in [-0.2, -0.15) is 10.5 Å². The number of benzene rings is 2. The summed E-state index contributed by atoms with van der Waals surface area (Å²) in [5.74, 6) is -0.873. The molecule has 0 spiro atoms. The lowest BCUT2D eigenvalue weighted by atomic mass is 9.76. The summed E-state index contributed by atoms with van der Waals surface area (Å²) in [7, 11) is 0. The first-order valence-electron chi connectivity index (χ1n) is 12.0. The van der Waals surface area contributed by atoms with Gasteiger partial charge >= 0.3 is 0 Å². The van der Waals surface area contributed by atoms with Crippen LogP contribution in [0.2, 0.25) is 10.0 Å². The molecule has 9 nitrogen and oxygen atoms in total. The summed E-state index contributed by atoms with van der Waals surface area (Å²) in [5, 5.41) is 31.3. The first-order valence-corrected chi connectivity index (χ1v) is 14.5. The van der Waals surface area contributed by atoms with E-state index in [1.54, 1.807) is 47.4 Å². The van der Waals surface area contributed by atoms with E-state index in [0.717, 1.165) is 0 Å². The molecule has 2 aliphatic rings. The van der Waals surface area contributed by atoms with Crippen LogP contribution in [0.1, 0.15) is 36.3 Å². The topological polar surface area (TPSA) is 149 Å². The van der Waals surface area contributed by atoms with Crippen molar-refractivity contribution in [1.29, 1.82) is 10.5 Å². The van der Waals surface area contributed by atoms with Crippen LogP contribution in [-0.2, 0) is 9.59 Å². The van der Waals surface area contributed by atoms with Gasteiger partial charge in [-0.05, 0) is 48.7 Å². The first kappa shape index (κ1) is 27.7. The Kier molecular flexibility index (Phi) is 8.10. The standard InChI is InChI=1S/C27H19Cl2N7O2S2/c28-18-4-1-3-16(24(18)29)22-17(12-31)25(32)36(19-5-2-6-20(37)23(19)22)26-34-35-27(40-26)39-13-21(38)33-15-9-7-14(11-30)8-10-15/h1,3-4,7-10,22H,2,5-6,13,32H2,(H,33,38). The lowest BCUT2D eigenvalue weighted by Gasteiger charge is -2.38. The van der Waals surface area contributed by atoms with Crippen LogP contribution in [-0.4, -0.2) is 27.6 Å². The van der Waals surface area contributed by atoms with Crippen LogP contribution >= 0.6 is 46.3 Å². The minimum atomic E-state index is -0.747. The van der Waals surface area contributed by atoms with Gasteiger partial charge in [0.05, 0.1) is 45.0 Å². The molecule has 1 aromatic heterocycles. The normalized spacial score (nSPS) is 16.9. The zero-order valence-electron chi connectivity index (χ0n) is 20.6. The molecule has 3 N–H and O–H groups in total. The Morgan fingerprint density at radius 2 is 1.93 bits per heavy atom. The first-order chi connectivity index (χ1) is 19.3. The van der Waals surface area contributed by atoms with Crippen molar-refractivity contribution >= 4 is 68.8 Å². The summed E-state index contributed by atoms with van der Waals surface area (Å²) in [6.45, 7) is 0. The third kappa shape index (κ3) is 5.29. The number of nitrogens with two attached hydrogens (primary N) is 1. The van der Waals surface area contributed by atoms with E-state index in [2.05, 4.69) is 21.6 Å². The van der Waals surface area contributed by atoms with Crippen LogP contribution in [0, 0.1) is 22.7 Å². The van der Waals surface area contributed by atoms with Crippen molar-refractivity contribution in [2.24, 2.45) is 5.73 Å². The van der Waals surface area contributed by atoms with Gasteiger partial charge in [-0.3, -0.25) is 14.5 Å². The number of anilines is 2. The van der Waals surface area contributed by atoms with E-state index < -0.39 is 5.92 Å². The second-order valence-electron chi connectivity index (χ2n) is 8.84. The zero-order chi connectivity index (χ0) is 28.4. The van der Waals surface area contributed by atoms with E-state index >= 15 is 0 Å². The number of nitrogens with zero attached hydrogens (tertiary/aromatic N) is 5. The number of amides is 1. The molecule has 0 saturated heterocycles. The third-order valence-electron chi connectivity index (χ3n) is 6.42. The highest BCUT2D eigenvalue weighted by Crippen LogP contribution is 2.49. The molecule has 1 unspecified atom stereocenters. The van der Waals surface area contributed by atoms with Gasteiger partial charge in [-0.15, -0.1) is 10.2 Å². The molecule has 40 heavy (non-hydrogen) atoms. The highest BCUT2D eigenvalue weighted by atomic mass is 35.5. The maximum Gasteiger partial charge on any atom is 0.234 e. The second-order valence-corrected chi connectivity index (χ2v) is 11.8. The van der Waals surface area contributed by atoms with Gasteiger partial charge in [0, 0.05) is 23.4 Å². The molecule has 1 aliphatic heterocycles. The van der Waals surface area contributed by atoms with Gasteiger partial charge in [0.1, 0.15) is 5.82 Å². The molecule has 2 heterocycles. The predicted octanol–water partition coefficient (Wildman–Crippen LogP) is 5.75. The molecule has 2 aromatic carbocycles. The number of hydrogen-bond acceptors (Lipinski definition) is 10. The molecule has 0 fully saturated rings. The number of thioether (sulfide) groups is 1. The molecule has 1 amide bonds. The van der Waals surface area contributed by atoms with Crippen LogP contribution < -0.4 is 16.0 Å². The lowest BCUT2D eigenvalue weighted by molar-refractivity contribution is -0.116. The van der Waals surface area contributed by atoms with E-state index in [-0.39, 0.29) is 33.9 Å². The van der Waals surface area contributed by atoms with Crippen LogP contribution in [0.4, 0.5) is 10.8 Å². The van der Waals surface area contributed by atoms with Crippen molar-refractivity contribution in [3.8, 4) is 12.1 Å². The summed E-state index contributed by atoms with van der Waals surface area (Å²) < 4.78 is 0.514. The fraction of sp³-hybridized carbons (Fsp3) is 0.185. The molecule has 5 rings (SSSR count). The Morgan fingerprint density at radius 3 is 2.65 bits per heavy atom. The van der Waals surface area contributed by atoms with Crippen molar-refractivity contribution in [1.82, 2.24) is 10.2 Å². The van der Waals surface area contributed by atoms with Crippen LogP contribution in [0.25, 0.3) is 0 Å². The minimum absolute atomic E-state index is 0.0746. The van der Waals surface area contributed by atoms with E-state index in [9.17, 15) is 14.9 Å². The number of carbonyl (C=O) groups excluding carboxylic acids is 2. The molecular weight excluding hydrogens is 589 g/mol. The number of aromatic nitrogens is 2. The van der Waals surface area contributed by atoms with Crippen molar-refractivity contribution < 1.29 is 9.59 Å². The summed E-state index contributed by atoms with van der Waals surface area (Å²) in [4.78, 5) is 27.4. The van der Waals surface area contributed by atoms with Crippen LogP contribution in [0.5, 0.6) is 0 Å². The average molecular weight is 609 g/mol. The summed E-state index contributed by atoms with van der Waals surface area (Å²) in [6.07, 6.45) is 1.50. The maximum atomic E-state index is 13.3. The Labute approximate surface area is 247 Å². The molecule has 200 valence electrons. The van der Waals surface area contributed by atoms with E-state index in [1.807, 2.05) is 6.07 Å². The van der Waals surface area contributed by atoms with E-state index in [0.29, 0.717) is 61.8 Å². The number of allylic oxidation sites excluding steroid dienone is 3. The second kappa shape index (κ2) is 11.7. The van der Waals surface area contributed by atoms with Crippen molar-refractivity contribution in [2.75, 3.05) is 16.0 Å². The van der Waals surface area contributed by atoms with Gasteiger partial charge in [-0.25, -0.2) is 0 Å². The van der Waals surface area contributed by atoms with Crippen LogP contribution in [0.3, 0.4) is 0 Å². The number of Topliss-reactive ketones (excluding diaryl/α,β-unsaturated/α-hetero) is 1. The average Bonchev–Trinajstić information content (AvgIpc) is 3.42. The number of carbonyl (C=O) groups is 2. The Morgan fingerprint density at radius 1 is 1.15 bits per heavy atom. The van der Waals surface area contributed by atoms with Gasteiger partial charge in [0.2, 0.25) is 11.0 Å². The number of rotatable bonds is 6. The molecule has 0 radical (unpaired) electrons. The largest absolute Gasteiger partial charge is 0.384 e. The predicted molar refractivity (Wildman–Crippen MR) is 155 cm³/mol. The monoisotopic (exact) mass is 607 g/mol. The Bertz CT molecular complexity index is 1670. The van der Waals surface area contributed by atoms with Crippen LogP contribution in [0.15, 0.2) is 69.5 Å². The number of nitrogens with one attached hydrogen (secondary N) is 1. The molecule has 13 heteroatoms. The smallest absolute Gasteiger partial charge is 0.234 e. The lowest BCUT2D eigenvalue weighted by Crippen LogP contribution is -2.38. The van der Waals surface area contributed by atoms with Crippen molar-refractivity contribution in [3.05, 3.63) is 86.3 Å². The van der Waals surface area contributed by atoms with Crippen molar-refractivity contribution in [3.63, 3.8) is 0 Å². The molecule has 0 saturated carbocycles. The summed E-state index contributed by atoms with van der Waals surface area (Å²) in [6, 6.07) is 15.9. The van der Waals surface area contributed by atoms with Gasteiger partial charge < -0.3 is 11.1 Å². The molecular formula is C27H19Cl2N7O2S2. The molecule has 0 bridgehead atoms. The van der Waals surface area contributed by atoms with E-state index in [4.69, 9.17) is 34.2 Å². The SMILES string of the molecule is N#CC1=C(N)N(c2nnc(SCC(=O)Nc3ccc(C#N)cc3)s2)C2=C(C(=O)CCC2)C1c1cccc(Cl)c1Cl. The number of nitriles is 2. The molecule has 1 atom stereocenters. The summed E-state index contributed by atoms with van der Waals surface area (Å²) >= 11 is 15.2. The quantitative estimate of drug-likeness (QED) is 0.334. The third-order valence-corrected chi connectivity index (χ3v) is 9.29. The van der Waals surface area contributed by atoms with Gasteiger partial charge in [0.15, 0.2) is 10.1 Å². The number of hydrogen-bond donors (Lipinski definition) is 2. The fourth-order valence-electron chi connectivity index (χ4n) is 4.66. The highest BCUT2D eigenvalue weighted by Gasteiger charge is 2.42. The number of halogens is 2. The Balaban J connectivity index is 1.42. The zero-order valence-corrected chi connectivity index (χ0v) is 23.8. The van der Waals surface area contributed by atoms with Gasteiger partial charge in [-0.1, -0.05) is 58.4 Å². The van der Waals surface area contributed by atoms with E-state index in [1.165, 1.54) is 23.1 Å². The maximum absolute atomic E-state index is 13.3. The minimum Gasteiger partial charge on any atom is -0.384 e. The highest BCUT2D eigenvalue weighted by molar-refractivity contribution is 8.01. The van der Waals surface area contributed by atoms with Gasteiger partial charge in [0.25, 0.3) is 0 Å².